The summed E-state index contributed by atoms with van der Waals surface area (Å²) in [5.74, 6) is 0.840. The number of anilines is 1. The SMILES string of the molecule is O=C(Cn1cnc2c(N3CCCCC3)ncnc21)c1nccs1. The normalized spacial score (nSPS) is 15.2. The Morgan fingerprint density at radius 3 is 2.78 bits per heavy atom. The first kappa shape index (κ1) is 14.3. The Hall–Kier alpha value is -2.35. The summed E-state index contributed by atoms with van der Waals surface area (Å²) in [7, 11) is 0. The molecule has 0 unspecified atom stereocenters. The minimum absolute atomic E-state index is 0.0302. The Bertz CT molecular complexity index is 822. The first-order chi connectivity index (χ1) is 11.3. The molecule has 8 heteroatoms. The molecule has 0 amide bonds. The monoisotopic (exact) mass is 328 g/mol. The minimum atomic E-state index is -0.0302. The lowest BCUT2D eigenvalue weighted by atomic mass is 10.1. The third-order valence-corrected chi connectivity index (χ3v) is 4.84. The van der Waals surface area contributed by atoms with Gasteiger partial charge in [0.05, 0.1) is 12.9 Å². The average molecular weight is 328 g/mol. The molecule has 0 bridgehead atoms. The summed E-state index contributed by atoms with van der Waals surface area (Å²) in [6, 6.07) is 0. The van der Waals surface area contributed by atoms with E-state index >= 15 is 0 Å². The number of thiazole rings is 1. The first-order valence-electron chi connectivity index (χ1n) is 7.66. The van der Waals surface area contributed by atoms with Gasteiger partial charge in [0.1, 0.15) is 6.33 Å². The van der Waals surface area contributed by atoms with Crippen LogP contribution in [0.15, 0.2) is 24.2 Å². The number of nitrogens with zero attached hydrogens (tertiary/aromatic N) is 6. The number of rotatable bonds is 4. The fourth-order valence-electron chi connectivity index (χ4n) is 2.90. The molecule has 3 aromatic heterocycles. The van der Waals surface area contributed by atoms with Crippen LogP contribution >= 0.6 is 11.3 Å². The molecule has 0 saturated carbocycles. The van der Waals surface area contributed by atoms with E-state index in [1.165, 1.54) is 30.6 Å². The van der Waals surface area contributed by atoms with Gasteiger partial charge in [0.25, 0.3) is 0 Å². The smallest absolute Gasteiger partial charge is 0.211 e. The molecule has 0 aromatic carbocycles. The average Bonchev–Trinajstić information content (AvgIpc) is 3.26. The molecule has 0 radical (unpaired) electrons. The number of carbonyl (C=O) groups excluding carboxylic acids is 1. The zero-order chi connectivity index (χ0) is 15.6. The van der Waals surface area contributed by atoms with E-state index in [1.54, 1.807) is 28.8 Å². The summed E-state index contributed by atoms with van der Waals surface area (Å²) in [4.78, 5) is 31.8. The number of aromatic nitrogens is 5. The van der Waals surface area contributed by atoms with Crippen LogP contribution in [0.5, 0.6) is 0 Å². The second-order valence-electron chi connectivity index (χ2n) is 5.55. The minimum Gasteiger partial charge on any atom is -0.355 e. The molecule has 7 nitrogen and oxygen atoms in total. The molecule has 1 fully saturated rings. The molecule has 4 rings (SSSR count). The van der Waals surface area contributed by atoms with Crippen LogP contribution in [-0.4, -0.2) is 43.4 Å². The number of piperidine rings is 1. The van der Waals surface area contributed by atoms with Crippen molar-refractivity contribution in [2.45, 2.75) is 25.8 Å². The number of hydrogen-bond donors (Lipinski definition) is 0. The predicted molar refractivity (Wildman–Crippen MR) is 87.8 cm³/mol. The number of hydrogen-bond acceptors (Lipinski definition) is 7. The topological polar surface area (TPSA) is 76.8 Å². The van der Waals surface area contributed by atoms with E-state index < -0.39 is 0 Å². The van der Waals surface area contributed by atoms with Crippen molar-refractivity contribution in [2.24, 2.45) is 0 Å². The highest BCUT2D eigenvalue weighted by molar-refractivity contribution is 7.11. The van der Waals surface area contributed by atoms with Gasteiger partial charge in [-0.15, -0.1) is 11.3 Å². The van der Waals surface area contributed by atoms with E-state index in [1.807, 2.05) is 0 Å². The summed E-state index contributed by atoms with van der Waals surface area (Å²) in [5.41, 5.74) is 1.46. The molecule has 0 spiro atoms. The molecule has 0 atom stereocenters. The third kappa shape index (κ3) is 2.70. The van der Waals surface area contributed by atoms with Gasteiger partial charge in [-0.3, -0.25) is 4.79 Å². The van der Waals surface area contributed by atoms with Gasteiger partial charge in [-0.05, 0) is 19.3 Å². The molecular weight excluding hydrogens is 312 g/mol. The molecule has 23 heavy (non-hydrogen) atoms. The largest absolute Gasteiger partial charge is 0.355 e. The highest BCUT2D eigenvalue weighted by Gasteiger charge is 2.19. The maximum Gasteiger partial charge on any atom is 0.211 e. The summed E-state index contributed by atoms with van der Waals surface area (Å²) in [6.45, 7) is 2.19. The lowest BCUT2D eigenvalue weighted by Crippen LogP contribution is -2.30. The van der Waals surface area contributed by atoms with Crippen molar-refractivity contribution < 1.29 is 4.79 Å². The van der Waals surface area contributed by atoms with E-state index in [-0.39, 0.29) is 12.3 Å². The fourth-order valence-corrected chi connectivity index (χ4v) is 3.47. The highest BCUT2D eigenvalue weighted by atomic mass is 32.1. The second kappa shape index (κ2) is 6.04. The number of fused-ring (bicyclic) bond motifs is 1. The zero-order valence-corrected chi connectivity index (χ0v) is 13.4. The maximum absolute atomic E-state index is 12.2. The second-order valence-corrected chi connectivity index (χ2v) is 6.44. The van der Waals surface area contributed by atoms with Crippen LogP contribution in [0, 0.1) is 0 Å². The van der Waals surface area contributed by atoms with Crippen molar-refractivity contribution in [3.8, 4) is 0 Å². The molecule has 1 aliphatic heterocycles. The highest BCUT2D eigenvalue weighted by Crippen LogP contribution is 2.24. The van der Waals surface area contributed by atoms with Gasteiger partial charge in [-0.2, -0.15) is 0 Å². The molecule has 0 N–H and O–H groups in total. The maximum atomic E-state index is 12.2. The van der Waals surface area contributed by atoms with Gasteiger partial charge >= 0.3 is 0 Å². The van der Waals surface area contributed by atoms with Gasteiger partial charge in [0, 0.05) is 24.7 Å². The molecular formula is C15H16N6OS. The van der Waals surface area contributed by atoms with Crippen molar-refractivity contribution >= 4 is 34.1 Å². The lowest BCUT2D eigenvalue weighted by molar-refractivity contribution is 0.0973. The predicted octanol–water partition coefficient (Wildman–Crippen LogP) is 2.16. The molecule has 0 aliphatic carbocycles. The summed E-state index contributed by atoms with van der Waals surface area (Å²) in [6.07, 6.45) is 8.47. The fraction of sp³-hybridized carbons (Fsp3) is 0.400. The van der Waals surface area contributed by atoms with Crippen molar-refractivity contribution in [1.82, 2.24) is 24.5 Å². The van der Waals surface area contributed by atoms with Crippen molar-refractivity contribution in [1.29, 1.82) is 0 Å². The van der Waals surface area contributed by atoms with Gasteiger partial charge in [-0.25, -0.2) is 19.9 Å². The lowest BCUT2D eigenvalue weighted by Gasteiger charge is -2.27. The molecule has 1 aliphatic rings. The third-order valence-electron chi connectivity index (χ3n) is 4.02. The van der Waals surface area contributed by atoms with E-state index in [9.17, 15) is 4.79 Å². The molecule has 3 aromatic rings. The Kier molecular flexibility index (Phi) is 3.74. The molecule has 118 valence electrons. The Balaban J connectivity index is 1.66. The van der Waals surface area contributed by atoms with E-state index in [0.29, 0.717) is 10.7 Å². The van der Waals surface area contributed by atoms with Gasteiger partial charge in [-0.1, -0.05) is 0 Å². The zero-order valence-electron chi connectivity index (χ0n) is 12.6. The standard InChI is InChI=1S/C15H16N6OS/c22-11(15-16-4-7-23-15)8-21-10-19-12-13(17-9-18-14(12)21)20-5-2-1-3-6-20/h4,7,9-10H,1-3,5-6,8H2. The van der Waals surface area contributed by atoms with E-state index in [4.69, 9.17) is 0 Å². The van der Waals surface area contributed by atoms with E-state index in [2.05, 4.69) is 24.8 Å². The van der Waals surface area contributed by atoms with E-state index in [0.717, 1.165) is 24.4 Å². The molecule has 4 heterocycles. The number of Topliss-reactive ketones (excluding diaryl/α,β-unsaturated/α-hetero) is 1. The van der Waals surface area contributed by atoms with Crippen LogP contribution < -0.4 is 4.90 Å². The van der Waals surface area contributed by atoms with Crippen molar-refractivity contribution in [3.63, 3.8) is 0 Å². The summed E-state index contributed by atoms with van der Waals surface area (Å²) >= 11 is 1.35. The number of carbonyl (C=O) groups is 1. The van der Waals surface area contributed by atoms with Gasteiger partial charge in [0.15, 0.2) is 22.0 Å². The summed E-state index contributed by atoms with van der Waals surface area (Å²) in [5, 5.41) is 2.31. The van der Waals surface area contributed by atoms with Crippen LogP contribution in [0.4, 0.5) is 5.82 Å². The van der Waals surface area contributed by atoms with Crippen molar-refractivity contribution in [2.75, 3.05) is 18.0 Å². The van der Waals surface area contributed by atoms with Crippen LogP contribution in [0.3, 0.4) is 0 Å². The van der Waals surface area contributed by atoms with Crippen molar-refractivity contribution in [3.05, 3.63) is 29.2 Å². The summed E-state index contributed by atoms with van der Waals surface area (Å²) < 4.78 is 1.77. The number of imidazole rings is 1. The van der Waals surface area contributed by atoms with Gasteiger partial charge < -0.3 is 9.47 Å². The van der Waals surface area contributed by atoms with Crippen LogP contribution in [-0.2, 0) is 6.54 Å². The van der Waals surface area contributed by atoms with Crippen LogP contribution in [0.2, 0.25) is 0 Å². The molecule has 1 saturated heterocycles. The van der Waals surface area contributed by atoms with Gasteiger partial charge in [0.2, 0.25) is 5.78 Å². The quantitative estimate of drug-likeness (QED) is 0.683. The Morgan fingerprint density at radius 2 is 2.00 bits per heavy atom. The van der Waals surface area contributed by atoms with Crippen LogP contribution in [0.25, 0.3) is 11.2 Å². The van der Waals surface area contributed by atoms with Crippen LogP contribution in [0.1, 0.15) is 29.1 Å². The Labute approximate surface area is 137 Å². The first-order valence-corrected chi connectivity index (χ1v) is 8.54. The Morgan fingerprint density at radius 1 is 1.13 bits per heavy atom. The number of ketones is 1.